The summed E-state index contributed by atoms with van der Waals surface area (Å²) in [7, 11) is 1.60. The lowest BCUT2D eigenvalue weighted by Gasteiger charge is -2.05. The Kier molecular flexibility index (Phi) is 2.33. The Hall–Kier alpha value is -1.97. The van der Waals surface area contributed by atoms with Gasteiger partial charge in [-0.25, -0.2) is 4.79 Å². The molecule has 1 aromatic heterocycles. The molecule has 0 aliphatic carbocycles. The van der Waals surface area contributed by atoms with Crippen LogP contribution >= 0.6 is 0 Å². The average Bonchev–Trinajstić information content (AvgIpc) is 2.59. The van der Waals surface area contributed by atoms with Gasteiger partial charge in [-0.1, -0.05) is 6.07 Å². The van der Waals surface area contributed by atoms with Gasteiger partial charge in [0.1, 0.15) is 5.75 Å². The van der Waals surface area contributed by atoms with Gasteiger partial charge < -0.3 is 9.72 Å². The second-order valence-electron chi connectivity index (χ2n) is 3.27. The van der Waals surface area contributed by atoms with Crippen LogP contribution in [0.5, 0.6) is 5.75 Å². The molecule has 2 aromatic rings. The largest absolute Gasteiger partial charge is 0.497 e. The Morgan fingerprint density at radius 3 is 2.80 bits per heavy atom. The Bertz CT molecular complexity index is 525. The van der Waals surface area contributed by atoms with Gasteiger partial charge in [-0.05, 0) is 19.1 Å². The van der Waals surface area contributed by atoms with Crippen LogP contribution in [0, 0.1) is 6.92 Å². The molecule has 2 rings (SSSR count). The van der Waals surface area contributed by atoms with Gasteiger partial charge in [-0.15, -0.1) is 0 Å². The first-order chi connectivity index (χ1) is 7.22. The predicted molar refractivity (Wildman–Crippen MR) is 57.7 cm³/mol. The molecule has 15 heavy (non-hydrogen) atoms. The minimum atomic E-state index is -0.138. The van der Waals surface area contributed by atoms with E-state index in [1.807, 2.05) is 31.2 Å². The first-order valence-electron chi connectivity index (χ1n) is 4.64. The van der Waals surface area contributed by atoms with Crippen LogP contribution in [0.15, 0.2) is 35.3 Å². The number of aromatic amines is 1. The minimum Gasteiger partial charge on any atom is -0.497 e. The van der Waals surface area contributed by atoms with Crippen molar-refractivity contribution in [2.75, 3.05) is 7.11 Å². The maximum absolute atomic E-state index is 11.5. The third-order valence-corrected chi connectivity index (χ3v) is 2.27. The molecule has 4 nitrogen and oxygen atoms in total. The molecule has 1 aromatic carbocycles. The van der Waals surface area contributed by atoms with Crippen LogP contribution in [-0.4, -0.2) is 16.7 Å². The Morgan fingerprint density at radius 2 is 2.20 bits per heavy atom. The molecule has 0 radical (unpaired) electrons. The van der Waals surface area contributed by atoms with E-state index >= 15 is 0 Å². The standard InChI is InChI=1S/C11H12N2O2/c1-8-7-12-11(14)13(8)9-4-3-5-10(6-9)15-2/h3-7H,1-2H3,(H,12,14). The number of H-pyrrole nitrogens is 1. The van der Waals surface area contributed by atoms with Crippen molar-refractivity contribution in [3.05, 3.63) is 46.6 Å². The lowest BCUT2D eigenvalue weighted by atomic mass is 10.3. The van der Waals surface area contributed by atoms with Gasteiger partial charge in [0.05, 0.1) is 12.8 Å². The third-order valence-electron chi connectivity index (χ3n) is 2.27. The van der Waals surface area contributed by atoms with Crippen LogP contribution in [0.3, 0.4) is 0 Å². The van der Waals surface area contributed by atoms with Crippen LogP contribution in [0.25, 0.3) is 5.69 Å². The molecule has 0 bridgehead atoms. The van der Waals surface area contributed by atoms with E-state index in [2.05, 4.69) is 4.98 Å². The number of imidazole rings is 1. The molecular weight excluding hydrogens is 192 g/mol. The van der Waals surface area contributed by atoms with E-state index in [0.29, 0.717) is 0 Å². The average molecular weight is 204 g/mol. The molecule has 0 saturated heterocycles. The van der Waals surface area contributed by atoms with Gasteiger partial charge in [-0.2, -0.15) is 0 Å². The Morgan fingerprint density at radius 1 is 1.40 bits per heavy atom. The molecule has 78 valence electrons. The number of hydrogen-bond acceptors (Lipinski definition) is 2. The number of aromatic nitrogens is 2. The minimum absolute atomic E-state index is 0.138. The van der Waals surface area contributed by atoms with E-state index in [9.17, 15) is 4.79 Å². The summed E-state index contributed by atoms with van der Waals surface area (Å²) in [5.74, 6) is 0.736. The van der Waals surface area contributed by atoms with Crippen LogP contribution in [0.1, 0.15) is 5.69 Å². The quantitative estimate of drug-likeness (QED) is 0.805. The van der Waals surface area contributed by atoms with Gasteiger partial charge in [-0.3, -0.25) is 4.57 Å². The first-order valence-corrected chi connectivity index (χ1v) is 4.64. The van der Waals surface area contributed by atoms with Crippen molar-refractivity contribution < 1.29 is 4.74 Å². The molecular formula is C11H12N2O2. The number of nitrogens with one attached hydrogen (secondary N) is 1. The van der Waals surface area contributed by atoms with Gasteiger partial charge in [0.2, 0.25) is 0 Å². The zero-order valence-corrected chi connectivity index (χ0v) is 8.65. The highest BCUT2D eigenvalue weighted by Gasteiger charge is 2.04. The van der Waals surface area contributed by atoms with E-state index in [0.717, 1.165) is 17.1 Å². The molecule has 0 aliphatic rings. The van der Waals surface area contributed by atoms with Gasteiger partial charge in [0, 0.05) is 18.0 Å². The number of nitrogens with zero attached hydrogens (tertiary/aromatic N) is 1. The topological polar surface area (TPSA) is 47.0 Å². The Balaban J connectivity index is 2.59. The van der Waals surface area contributed by atoms with Crippen molar-refractivity contribution in [1.82, 2.24) is 9.55 Å². The summed E-state index contributed by atoms with van der Waals surface area (Å²) >= 11 is 0. The summed E-state index contributed by atoms with van der Waals surface area (Å²) in [6.07, 6.45) is 1.68. The number of rotatable bonds is 2. The molecule has 0 fully saturated rings. The van der Waals surface area contributed by atoms with Gasteiger partial charge in [0.15, 0.2) is 0 Å². The second-order valence-corrected chi connectivity index (χ2v) is 3.27. The van der Waals surface area contributed by atoms with Crippen molar-refractivity contribution in [1.29, 1.82) is 0 Å². The van der Waals surface area contributed by atoms with Crippen LogP contribution < -0.4 is 10.4 Å². The second kappa shape index (κ2) is 3.65. The molecule has 0 amide bonds. The number of methoxy groups -OCH3 is 1. The summed E-state index contributed by atoms with van der Waals surface area (Å²) in [5.41, 5.74) is 1.53. The smallest absolute Gasteiger partial charge is 0.330 e. The third kappa shape index (κ3) is 1.66. The highest BCUT2D eigenvalue weighted by Crippen LogP contribution is 2.15. The molecule has 1 N–H and O–H groups in total. The summed E-state index contributed by atoms with van der Waals surface area (Å²) < 4.78 is 6.71. The fourth-order valence-corrected chi connectivity index (χ4v) is 1.53. The molecule has 4 heteroatoms. The highest BCUT2D eigenvalue weighted by atomic mass is 16.5. The maximum atomic E-state index is 11.5. The summed E-state index contributed by atoms with van der Waals surface area (Å²) in [5, 5.41) is 0. The number of benzene rings is 1. The molecule has 0 unspecified atom stereocenters. The van der Waals surface area contributed by atoms with Crippen molar-refractivity contribution in [3.8, 4) is 11.4 Å². The van der Waals surface area contributed by atoms with Gasteiger partial charge in [0.25, 0.3) is 0 Å². The molecule has 0 saturated carbocycles. The van der Waals surface area contributed by atoms with Gasteiger partial charge >= 0.3 is 5.69 Å². The zero-order valence-electron chi connectivity index (χ0n) is 8.65. The lowest BCUT2D eigenvalue weighted by Crippen LogP contribution is -2.15. The molecule has 0 spiro atoms. The normalized spacial score (nSPS) is 10.3. The van der Waals surface area contributed by atoms with Crippen LogP contribution in [0.4, 0.5) is 0 Å². The predicted octanol–water partition coefficient (Wildman–Crippen LogP) is 1.48. The van der Waals surface area contributed by atoms with Crippen molar-refractivity contribution >= 4 is 0 Å². The SMILES string of the molecule is COc1cccc(-n2c(C)c[nH]c2=O)c1. The highest BCUT2D eigenvalue weighted by molar-refractivity contribution is 5.40. The van der Waals surface area contributed by atoms with Crippen molar-refractivity contribution in [2.45, 2.75) is 6.92 Å². The van der Waals surface area contributed by atoms with E-state index in [-0.39, 0.29) is 5.69 Å². The first kappa shape index (κ1) is 9.58. The van der Waals surface area contributed by atoms with Crippen LogP contribution in [0.2, 0.25) is 0 Å². The number of ether oxygens (including phenoxy) is 1. The lowest BCUT2D eigenvalue weighted by molar-refractivity contribution is 0.414. The fraction of sp³-hybridized carbons (Fsp3) is 0.182. The number of hydrogen-bond donors (Lipinski definition) is 1. The maximum Gasteiger partial charge on any atom is 0.330 e. The molecule has 0 aliphatic heterocycles. The Labute approximate surface area is 87.1 Å². The monoisotopic (exact) mass is 204 g/mol. The van der Waals surface area contributed by atoms with E-state index < -0.39 is 0 Å². The number of aryl methyl sites for hydroxylation is 1. The van der Waals surface area contributed by atoms with E-state index in [1.165, 1.54) is 0 Å². The molecule has 0 atom stereocenters. The fourth-order valence-electron chi connectivity index (χ4n) is 1.53. The van der Waals surface area contributed by atoms with Crippen LogP contribution in [-0.2, 0) is 0 Å². The zero-order chi connectivity index (χ0) is 10.8. The summed E-state index contributed by atoms with van der Waals surface area (Å²) in [6.45, 7) is 1.87. The van der Waals surface area contributed by atoms with E-state index in [4.69, 9.17) is 4.74 Å². The van der Waals surface area contributed by atoms with Crippen molar-refractivity contribution in [3.63, 3.8) is 0 Å². The molecule has 1 heterocycles. The summed E-state index contributed by atoms with van der Waals surface area (Å²) in [6, 6.07) is 7.39. The van der Waals surface area contributed by atoms with E-state index in [1.54, 1.807) is 17.9 Å². The van der Waals surface area contributed by atoms with Crippen molar-refractivity contribution in [2.24, 2.45) is 0 Å². The summed E-state index contributed by atoms with van der Waals surface area (Å²) in [4.78, 5) is 14.1.